The average molecular weight is 148 g/mol. The Bertz CT molecular complexity index is 268. The summed E-state index contributed by atoms with van der Waals surface area (Å²) < 4.78 is 0. The molecule has 0 heterocycles. The predicted octanol–water partition coefficient (Wildman–Crippen LogP) is 1.15. The molecule has 0 atom stereocenters. The van der Waals surface area contributed by atoms with Gasteiger partial charge in [-0.3, -0.25) is 4.79 Å². The van der Waals surface area contributed by atoms with Gasteiger partial charge in [0.2, 0.25) is 0 Å². The van der Waals surface area contributed by atoms with Crippen molar-refractivity contribution in [2.45, 2.75) is 13.5 Å². The fourth-order valence-electron chi connectivity index (χ4n) is 0.853. The second kappa shape index (κ2) is 3.30. The van der Waals surface area contributed by atoms with E-state index in [0.717, 1.165) is 5.56 Å². The van der Waals surface area contributed by atoms with Gasteiger partial charge in [0.1, 0.15) is 0 Å². The summed E-state index contributed by atoms with van der Waals surface area (Å²) in [5.41, 5.74) is 6.95. The number of carbonyl (C=O) groups excluding carboxylic acids is 1. The second-order valence-corrected chi connectivity index (χ2v) is 2.36. The Hall–Kier alpha value is -1.15. The van der Waals surface area contributed by atoms with E-state index in [1.807, 2.05) is 0 Å². The smallest absolute Gasteiger partial charge is 0.159 e. The summed E-state index contributed by atoms with van der Waals surface area (Å²) in [4.78, 5) is 10.9. The molecule has 2 nitrogen and oxygen atoms in total. The summed E-state index contributed by atoms with van der Waals surface area (Å²) in [7, 11) is 0. The van der Waals surface area contributed by atoms with Crippen molar-refractivity contribution in [3.8, 4) is 0 Å². The van der Waals surface area contributed by atoms with Crippen LogP contribution in [0, 0.1) is 6.07 Å². The van der Waals surface area contributed by atoms with E-state index in [-0.39, 0.29) is 5.78 Å². The monoisotopic (exact) mass is 148 g/mol. The van der Waals surface area contributed by atoms with Gasteiger partial charge in [-0.25, -0.2) is 0 Å². The maximum atomic E-state index is 10.9. The third kappa shape index (κ3) is 1.88. The van der Waals surface area contributed by atoms with Gasteiger partial charge >= 0.3 is 0 Å². The summed E-state index contributed by atoms with van der Waals surface area (Å²) in [6, 6.07) is 8.16. The molecular weight excluding hydrogens is 138 g/mol. The first-order chi connectivity index (χ1) is 5.24. The Morgan fingerprint density at radius 3 is 3.00 bits per heavy atom. The lowest BCUT2D eigenvalue weighted by Gasteiger charge is -1.97. The SMILES string of the molecule is CC(=O)c1cc[c]c(CN)c1. The highest BCUT2D eigenvalue weighted by Gasteiger charge is 1.98. The van der Waals surface area contributed by atoms with Crippen LogP contribution in [0.2, 0.25) is 0 Å². The highest BCUT2D eigenvalue weighted by Crippen LogP contribution is 2.03. The van der Waals surface area contributed by atoms with Crippen molar-refractivity contribution in [3.05, 3.63) is 35.4 Å². The summed E-state index contributed by atoms with van der Waals surface area (Å²) in [6.45, 7) is 1.97. The lowest BCUT2D eigenvalue weighted by Crippen LogP contribution is -1.99. The number of hydrogen-bond acceptors (Lipinski definition) is 2. The molecule has 0 aliphatic rings. The van der Waals surface area contributed by atoms with E-state index in [2.05, 4.69) is 6.07 Å². The molecular formula is C9H10NO. The standard InChI is InChI=1S/C9H10NO/c1-7(11)9-4-2-3-8(5-9)6-10/h2,4-5H,6,10H2,1H3. The first kappa shape index (κ1) is 7.95. The van der Waals surface area contributed by atoms with Crippen LogP contribution in [-0.4, -0.2) is 5.78 Å². The zero-order chi connectivity index (χ0) is 8.27. The van der Waals surface area contributed by atoms with Gasteiger partial charge < -0.3 is 5.73 Å². The minimum atomic E-state index is 0.0636. The average Bonchev–Trinajstić information content (AvgIpc) is 2.05. The van der Waals surface area contributed by atoms with Crippen LogP contribution in [0.3, 0.4) is 0 Å². The van der Waals surface area contributed by atoms with E-state index >= 15 is 0 Å². The van der Waals surface area contributed by atoms with Gasteiger partial charge in [0.25, 0.3) is 0 Å². The molecule has 1 rings (SSSR count). The van der Waals surface area contributed by atoms with E-state index in [0.29, 0.717) is 12.1 Å². The van der Waals surface area contributed by atoms with Gasteiger partial charge in [0.05, 0.1) is 0 Å². The van der Waals surface area contributed by atoms with Crippen LogP contribution in [0.15, 0.2) is 18.2 Å². The fourth-order valence-corrected chi connectivity index (χ4v) is 0.853. The van der Waals surface area contributed by atoms with Crippen LogP contribution in [0.4, 0.5) is 0 Å². The molecule has 0 saturated heterocycles. The van der Waals surface area contributed by atoms with E-state index in [9.17, 15) is 4.79 Å². The lowest BCUT2D eigenvalue weighted by atomic mass is 10.1. The summed E-state index contributed by atoms with van der Waals surface area (Å²) >= 11 is 0. The molecule has 0 aliphatic carbocycles. The van der Waals surface area contributed by atoms with Crippen LogP contribution < -0.4 is 5.73 Å². The van der Waals surface area contributed by atoms with Crippen molar-refractivity contribution in [3.63, 3.8) is 0 Å². The number of nitrogens with two attached hydrogens (primary N) is 1. The largest absolute Gasteiger partial charge is 0.326 e. The third-order valence-corrected chi connectivity index (χ3v) is 1.49. The zero-order valence-electron chi connectivity index (χ0n) is 6.42. The Labute approximate surface area is 66.0 Å². The van der Waals surface area contributed by atoms with Crippen molar-refractivity contribution in [2.75, 3.05) is 0 Å². The molecule has 0 saturated carbocycles. The fraction of sp³-hybridized carbons (Fsp3) is 0.222. The molecule has 1 aromatic rings. The maximum absolute atomic E-state index is 10.9. The predicted molar refractivity (Wildman–Crippen MR) is 43.2 cm³/mol. The summed E-state index contributed by atoms with van der Waals surface area (Å²) in [5, 5.41) is 0. The third-order valence-electron chi connectivity index (χ3n) is 1.49. The zero-order valence-corrected chi connectivity index (χ0v) is 6.42. The van der Waals surface area contributed by atoms with Crippen LogP contribution >= 0.6 is 0 Å². The Morgan fingerprint density at radius 2 is 2.45 bits per heavy atom. The van der Waals surface area contributed by atoms with Crippen molar-refractivity contribution in [1.82, 2.24) is 0 Å². The highest BCUT2D eigenvalue weighted by molar-refractivity contribution is 5.94. The lowest BCUT2D eigenvalue weighted by molar-refractivity contribution is 0.101. The molecule has 0 unspecified atom stereocenters. The van der Waals surface area contributed by atoms with E-state index in [1.54, 1.807) is 18.2 Å². The molecule has 0 fully saturated rings. The topological polar surface area (TPSA) is 43.1 Å². The minimum Gasteiger partial charge on any atom is -0.326 e. The molecule has 2 N–H and O–H groups in total. The number of rotatable bonds is 2. The maximum Gasteiger partial charge on any atom is 0.159 e. The quantitative estimate of drug-likeness (QED) is 0.639. The number of Topliss-reactive ketones (excluding diaryl/α,β-unsaturated/α-hetero) is 1. The molecule has 0 aromatic heterocycles. The van der Waals surface area contributed by atoms with Gasteiger partial charge in [-0.2, -0.15) is 0 Å². The van der Waals surface area contributed by atoms with Crippen LogP contribution in [-0.2, 0) is 6.54 Å². The Kier molecular flexibility index (Phi) is 2.39. The molecule has 1 radical (unpaired) electrons. The molecule has 57 valence electrons. The van der Waals surface area contributed by atoms with Gasteiger partial charge in [-0.1, -0.05) is 12.1 Å². The number of carbonyl (C=O) groups is 1. The number of benzene rings is 1. The van der Waals surface area contributed by atoms with Gasteiger partial charge in [0.15, 0.2) is 5.78 Å². The van der Waals surface area contributed by atoms with E-state index in [1.165, 1.54) is 6.92 Å². The number of ketones is 1. The first-order valence-corrected chi connectivity index (χ1v) is 3.45. The van der Waals surface area contributed by atoms with Gasteiger partial charge in [-0.15, -0.1) is 0 Å². The number of hydrogen-bond donors (Lipinski definition) is 1. The Morgan fingerprint density at radius 1 is 1.73 bits per heavy atom. The van der Waals surface area contributed by atoms with Gasteiger partial charge in [0, 0.05) is 12.1 Å². The van der Waals surface area contributed by atoms with E-state index < -0.39 is 0 Å². The second-order valence-electron chi connectivity index (χ2n) is 2.36. The molecule has 1 aromatic carbocycles. The van der Waals surface area contributed by atoms with E-state index in [4.69, 9.17) is 5.73 Å². The molecule has 0 bridgehead atoms. The molecule has 2 heteroatoms. The van der Waals surface area contributed by atoms with Crippen LogP contribution in [0.25, 0.3) is 0 Å². The summed E-state index contributed by atoms with van der Waals surface area (Å²) in [5.74, 6) is 0.0636. The Balaban J connectivity index is 3.01. The van der Waals surface area contributed by atoms with Crippen molar-refractivity contribution in [2.24, 2.45) is 5.73 Å². The van der Waals surface area contributed by atoms with Crippen molar-refractivity contribution >= 4 is 5.78 Å². The molecule has 0 amide bonds. The minimum absolute atomic E-state index is 0.0636. The van der Waals surface area contributed by atoms with Crippen molar-refractivity contribution < 1.29 is 4.79 Å². The normalized spacial score (nSPS) is 9.64. The van der Waals surface area contributed by atoms with Crippen molar-refractivity contribution in [1.29, 1.82) is 0 Å². The molecule has 11 heavy (non-hydrogen) atoms. The summed E-state index contributed by atoms with van der Waals surface area (Å²) in [6.07, 6.45) is 0. The molecule has 0 aliphatic heterocycles. The first-order valence-electron chi connectivity index (χ1n) is 3.45. The highest BCUT2D eigenvalue weighted by atomic mass is 16.1. The van der Waals surface area contributed by atoms with Crippen LogP contribution in [0.1, 0.15) is 22.8 Å². The van der Waals surface area contributed by atoms with Crippen LogP contribution in [0.5, 0.6) is 0 Å². The molecule has 0 spiro atoms. The van der Waals surface area contributed by atoms with Gasteiger partial charge in [-0.05, 0) is 24.6 Å².